The fourth-order valence-corrected chi connectivity index (χ4v) is 2.71. The summed E-state index contributed by atoms with van der Waals surface area (Å²) >= 11 is 6.94. The first-order valence-corrected chi connectivity index (χ1v) is 7.54. The lowest BCUT2D eigenvalue weighted by Gasteiger charge is -2.09. The molecule has 8 heteroatoms. The Morgan fingerprint density at radius 1 is 1.00 bits per heavy atom. The van der Waals surface area contributed by atoms with Gasteiger partial charge in [0.25, 0.3) is 0 Å². The molecule has 0 aliphatic heterocycles. The number of nitrogen functional groups attached to an aromatic ring is 2. The molecular weight excluding hydrogens is 400 g/mol. The Hall–Kier alpha value is -1.93. The maximum absolute atomic E-state index is 6.02. The average molecular weight is 410 g/mol. The molecule has 0 saturated carbocycles. The van der Waals surface area contributed by atoms with Crippen LogP contribution in [0.25, 0.3) is 17.1 Å². The highest BCUT2D eigenvalue weighted by atomic mass is 79.9. The molecule has 21 heavy (non-hydrogen) atoms. The molecule has 1 aromatic heterocycles. The third-order valence-electron chi connectivity index (χ3n) is 2.92. The number of hydrogen-bond donors (Lipinski definition) is 2. The molecule has 2 aromatic carbocycles. The van der Waals surface area contributed by atoms with Crippen LogP contribution in [0.1, 0.15) is 0 Å². The van der Waals surface area contributed by atoms with Crippen LogP contribution in [-0.4, -0.2) is 20.2 Å². The molecule has 3 rings (SSSR count). The number of tetrazole rings is 1. The Bertz CT molecular complexity index is 814. The molecule has 0 unspecified atom stereocenters. The largest absolute Gasteiger partial charge is 0.399 e. The van der Waals surface area contributed by atoms with Crippen molar-refractivity contribution in [2.24, 2.45) is 0 Å². The normalized spacial score (nSPS) is 10.8. The maximum Gasteiger partial charge on any atom is 0.189 e. The summed E-state index contributed by atoms with van der Waals surface area (Å²) in [5.41, 5.74) is 14.4. The Balaban J connectivity index is 2.19. The molecule has 0 aliphatic rings. The van der Waals surface area contributed by atoms with Crippen molar-refractivity contribution in [3.05, 3.63) is 45.3 Å². The van der Waals surface area contributed by atoms with Crippen molar-refractivity contribution in [1.29, 1.82) is 0 Å². The van der Waals surface area contributed by atoms with Gasteiger partial charge in [-0.1, -0.05) is 15.9 Å². The van der Waals surface area contributed by atoms with E-state index in [2.05, 4.69) is 47.4 Å². The van der Waals surface area contributed by atoms with E-state index in [1.54, 1.807) is 22.9 Å². The summed E-state index contributed by atoms with van der Waals surface area (Å²) in [6.07, 6.45) is 0. The van der Waals surface area contributed by atoms with E-state index in [1.807, 2.05) is 18.2 Å². The zero-order valence-electron chi connectivity index (χ0n) is 10.7. The van der Waals surface area contributed by atoms with E-state index >= 15 is 0 Å². The molecule has 1 heterocycles. The fourth-order valence-electron chi connectivity index (χ4n) is 1.95. The van der Waals surface area contributed by atoms with Crippen LogP contribution < -0.4 is 11.5 Å². The van der Waals surface area contributed by atoms with Crippen LogP contribution >= 0.6 is 31.9 Å². The molecule has 0 spiro atoms. The van der Waals surface area contributed by atoms with E-state index in [4.69, 9.17) is 11.5 Å². The van der Waals surface area contributed by atoms with Crippen LogP contribution in [0, 0.1) is 0 Å². The summed E-state index contributed by atoms with van der Waals surface area (Å²) in [4.78, 5) is 0. The SMILES string of the molecule is Nc1ccc(-c2nnnn2-c2cc(Br)ccc2Br)c(N)c1. The van der Waals surface area contributed by atoms with Crippen molar-refractivity contribution in [1.82, 2.24) is 20.2 Å². The quantitative estimate of drug-likeness (QED) is 0.634. The second-order valence-corrected chi connectivity index (χ2v) is 6.13. The Kier molecular flexibility index (Phi) is 3.64. The lowest BCUT2D eigenvalue weighted by atomic mass is 10.1. The van der Waals surface area contributed by atoms with E-state index in [0.29, 0.717) is 17.2 Å². The van der Waals surface area contributed by atoms with Crippen molar-refractivity contribution in [3.63, 3.8) is 0 Å². The highest BCUT2D eigenvalue weighted by molar-refractivity contribution is 9.11. The van der Waals surface area contributed by atoms with Gasteiger partial charge in [0.2, 0.25) is 0 Å². The second kappa shape index (κ2) is 5.45. The first-order chi connectivity index (χ1) is 10.1. The standard InChI is InChI=1S/C13H10Br2N6/c14-7-1-4-10(15)12(5-7)21-13(18-19-20-21)9-3-2-8(16)6-11(9)17/h1-6H,16-17H2. The van der Waals surface area contributed by atoms with E-state index in [0.717, 1.165) is 20.2 Å². The highest BCUT2D eigenvalue weighted by Crippen LogP contribution is 2.30. The van der Waals surface area contributed by atoms with Gasteiger partial charge in [-0.25, -0.2) is 0 Å². The number of anilines is 2. The van der Waals surface area contributed by atoms with E-state index in [1.165, 1.54) is 0 Å². The van der Waals surface area contributed by atoms with Crippen LogP contribution in [0.4, 0.5) is 11.4 Å². The summed E-state index contributed by atoms with van der Waals surface area (Å²) in [7, 11) is 0. The number of nitrogens with two attached hydrogens (primary N) is 2. The number of benzene rings is 2. The molecule has 0 fully saturated rings. The fraction of sp³-hybridized carbons (Fsp3) is 0. The Morgan fingerprint density at radius 2 is 1.81 bits per heavy atom. The van der Waals surface area contributed by atoms with Gasteiger partial charge in [-0.15, -0.1) is 5.10 Å². The number of nitrogens with zero attached hydrogens (tertiary/aromatic N) is 4. The van der Waals surface area contributed by atoms with Gasteiger partial charge in [-0.05, 0) is 62.8 Å². The van der Waals surface area contributed by atoms with Crippen LogP contribution in [-0.2, 0) is 0 Å². The Labute approximate surface area is 137 Å². The van der Waals surface area contributed by atoms with Crippen LogP contribution in [0.5, 0.6) is 0 Å². The lowest BCUT2D eigenvalue weighted by molar-refractivity contribution is 0.788. The van der Waals surface area contributed by atoms with Crippen LogP contribution in [0.3, 0.4) is 0 Å². The second-order valence-electron chi connectivity index (χ2n) is 4.36. The zero-order chi connectivity index (χ0) is 15.0. The van der Waals surface area contributed by atoms with Gasteiger partial charge in [0.15, 0.2) is 5.82 Å². The number of rotatable bonds is 2. The van der Waals surface area contributed by atoms with Crippen molar-refractivity contribution in [2.75, 3.05) is 11.5 Å². The minimum Gasteiger partial charge on any atom is -0.399 e. The predicted molar refractivity (Wildman–Crippen MR) is 88.8 cm³/mol. The van der Waals surface area contributed by atoms with Crippen molar-refractivity contribution in [2.45, 2.75) is 0 Å². The zero-order valence-corrected chi connectivity index (χ0v) is 13.8. The maximum atomic E-state index is 6.02. The first kappa shape index (κ1) is 14.0. The van der Waals surface area contributed by atoms with Gasteiger partial charge in [-0.3, -0.25) is 0 Å². The van der Waals surface area contributed by atoms with Gasteiger partial charge < -0.3 is 11.5 Å². The molecule has 106 valence electrons. The Morgan fingerprint density at radius 3 is 2.57 bits per heavy atom. The van der Waals surface area contributed by atoms with Crippen molar-refractivity contribution >= 4 is 43.2 Å². The van der Waals surface area contributed by atoms with E-state index < -0.39 is 0 Å². The first-order valence-electron chi connectivity index (χ1n) is 5.95. The molecule has 0 amide bonds. The van der Waals surface area contributed by atoms with E-state index in [9.17, 15) is 0 Å². The topological polar surface area (TPSA) is 95.6 Å². The smallest absolute Gasteiger partial charge is 0.189 e. The predicted octanol–water partition coefficient (Wildman–Crippen LogP) is 3.02. The minimum absolute atomic E-state index is 0.525. The molecule has 0 bridgehead atoms. The monoisotopic (exact) mass is 408 g/mol. The minimum atomic E-state index is 0.525. The number of hydrogen-bond acceptors (Lipinski definition) is 5. The highest BCUT2D eigenvalue weighted by Gasteiger charge is 2.15. The summed E-state index contributed by atoms with van der Waals surface area (Å²) in [6, 6.07) is 11.0. The molecular formula is C13H10Br2N6. The molecule has 0 aliphatic carbocycles. The summed E-state index contributed by atoms with van der Waals surface area (Å²) < 4.78 is 3.41. The number of aromatic nitrogens is 4. The third-order valence-corrected chi connectivity index (χ3v) is 4.09. The van der Waals surface area contributed by atoms with Gasteiger partial charge in [0, 0.05) is 25.9 Å². The van der Waals surface area contributed by atoms with E-state index in [-0.39, 0.29) is 0 Å². The molecule has 3 aromatic rings. The molecule has 4 N–H and O–H groups in total. The molecule has 0 radical (unpaired) electrons. The van der Waals surface area contributed by atoms with Gasteiger partial charge in [0.05, 0.1) is 5.69 Å². The summed E-state index contributed by atoms with van der Waals surface area (Å²) in [6.45, 7) is 0. The number of halogens is 2. The van der Waals surface area contributed by atoms with Crippen LogP contribution in [0.15, 0.2) is 45.3 Å². The summed E-state index contributed by atoms with van der Waals surface area (Å²) in [5.74, 6) is 0.548. The lowest BCUT2D eigenvalue weighted by Crippen LogP contribution is -2.03. The van der Waals surface area contributed by atoms with Gasteiger partial charge in [0.1, 0.15) is 0 Å². The van der Waals surface area contributed by atoms with Crippen molar-refractivity contribution in [3.8, 4) is 17.1 Å². The summed E-state index contributed by atoms with van der Waals surface area (Å²) in [5, 5.41) is 11.9. The molecule has 0 saturated heterocycles. The van der Waals surface area contributed by atoms with Gasteiger partial charge in [-0.2, -0.15) is 4.68 Å². The molecule has 0 atom stereocenters. The molecule has 6 nitrogen and oxygen atoms in total. The third kappa shape index (κ3) is 2.64. The van der Waals surface area contributed by atoms with Crippen molar-refractivity contribution < 1.29 is 0 Å². The van der Waals surface area contributed by atoms with Crippen LogP contribution in [0.2, 0.25) is 0 Å². The average Bonchev–Trinajstić information content (AvgIpc) is 2.90. The van der Waals surface area contributed by atoms with Gasteiger partial charge >= 0.3 is 0 Å².